The van der Waals surface area contributed by atoms with Crippen LogP contribution in [0.5, 0.6) is 0 Å². The molecule has 1 N–H and O–H groups in total. The molecule has 0 bridgehead atoms. The van der Waals surface area contributed by atoms with Gasteiger partial charge in [0.05, 0.1) is 11.5 Å². The number of halogens is 2. The zero-order chi connectivity index (χ0) is 11.8. The maximum absolute atomic E-state index is 12.8. The number of sulfone groups is 1. The monoisotopic (exact) mass is 307 g/mol. The molecule has 0 spiro atoms. The molecule has 1 aromatic carbocycles. The lowest BCUT2D eigenvalue weighted by molar-refractivity contribution is 0.602. The second-order valence-electron chi connectivity index (χ2n) is 3.87. The van der Waals surface area contributed by atoms with Crippen molar-refractivity contribution < 1.29 is 12.8 Å². The smallest absolute Gasteiger partial charge is 0.152 e. The van der Waals surface area contributed by atoms with E-state index in [4.69, 9.17) is 0 Å². The molecule has 1 aliphatic rings. The SMILES string of the molecule is O=S1(=O)CCC(Nc2ccc(F)cc2Br)C1. The Labute approximate surface area is 102 Å². The summed E-state index contributed by atoms with van der Waals surface area (Å²) in [5.74, 6) is 0.0526. The van der Waals surface area contributed by atoms with Crippen LogP contribution in [0.3, 0.4) is 0 Å². The van der Waals surface area contributed by atoms with Crippen molar-refractivity contribution in [3.63, 3.8) is 0 Å². The number of anilines is 1. The van der Waals surface area contributed by atoms with Gasteiger partial charge in [-0.15, -0.1) is 0 Å². The van der Waals surface area contributed by atoms with Crippen LogP contribution in [-0.4, -0.2) is 26.0 Å². The van der Waals surface area contributed by atoms with E-state index in [2.05, 4.69) is 21.2 Å². The van der Waals surface area contributed by atoms with Crippen molar-refractivity contribution >= 4 is 31.5 Å². The maximum atomic E-state index is 12.8. The summed E-state index contributed by atoms with van der Waals surface area (Å²) in [5.41, 5.74) is 0.725. The first kappa shape index (κ1) is 11.9. The van der Waals surface area contributed by atoms with Crippen molar-refractivity contribution in [3.05, 3.63) is 28.5 Å². The molecule has 1 unspecified atom stereocenters. The quantitative estimate of drug-likeness (QED) is 0.911. The molecule has 3 nitrogen and oxygen atoms in total. The van der Waals surface area contributed by atoms with E-state index in [0.29, 0.717) is 10.9 Å². The third-order valence-electron chi connectivity index (χ3n) is 2.52. The molecule has 0 amide bonds. The van der Waals surface area contributed by atoms with Gasteiger partial charge in [-0.25, -0.2) is 12.8 Å². The largest absolute Gasteiger partial charge is 0.380 e. The van der Waals surface area contributed by atoms with Gasteiger partial charge in [0.1, 0.15) is 5.82 Å². The molecule has 0 saturated carbocycles. The fraction of sp³-hybridized carbons (Fsp3) is 0.400. The molecule has 16 heavy (non-hydrogen) atoms. The van der Waals surface area contributed by atoms with Gasteiger partial charge in [0, 0.05) is 16.2 Å². The highest BCUT2D eigenvalue weighted by molar-refractivity contribution is 9.10. The molecule has 6 heteroatoms. The van der Waals surface area contributed by atoms with Crippen LogP contribution < -0.4 is 5.32 Å². The van der Waals surface area contributed by atoms with Gasteiger partial charge < -0.3 is 5.32 Å². The van der Waals surface area contributed by atoms with Gasteiger partial charge in [0.25, 0.3) is 0 Å². The molecule has 1 saturated heterocycles. The Morgan fingerprint density at radius 1 is 1.44 bits per heavy atom. The summed E-state index contributed by atoms with van der Waals surface area (Å²) in [7, 11) is -2.89. The highest BCUT2D eigenvalue weighted by Crippen LogP contribution is 2.25. The van der Waals surface area contributed by atoms with Crippen molar-refractivity contribution in [2.24, 2.45) is 0 Å². The minimum atomic E-state index is -2.89. The molecule has 0 aliphatic carbocycles. The second kappa shape index (κ2) is 4.33. The maximum Gasteiger partial charge on any atom is 0.152 e. The van der Waals surface area contributed by atoms with Crippen molar-refractivity contribution in [2.45, 2.75) is 12.5 Å². The summed E-state index contributed by atoms with van der Waals surface area (Å²) < 4.78 is 36.0. The first-order valence-corrected chi connectivity index (χ1v) is 7.50. The van der Waals surface area contributed by atoms with E-state index in [9.17, 15) is 12.8 Å². The summed E-state index contributed by atoms with van der Waals surface area (Å²) in [4.78, 5) is 0. The molecule has 1 heterocycles. The molecule has 2 rings (SSSR count). The molecule has 1 fully saturated rings. The van der Waals surface area contributed by atoms with Gasteiger partial charge in [-0.3, -0.25) is 0 Å². The minimum absolute atomic E-state index is 0.0771. The molecule has 1 atom stereocenters. The third-order valence-corrected chi connectivity index (χ3v) is 4.95. The summed E-state index contributed by atoms with van der Waals surface area (Å²) in [6.07, 6.45) is 0.603. The van der Waals surface area contributed by atoms with E-state index in [1.54, 1.807) is 6.07 Å². The van der Waals surface area contributed by atoms with E-state index in [1.807, 2.05) is 0 Å². The summed E-state index contributed by atoms with van der Waals surface area (Å²) in [5, 5.41) is 3.10. The van der Waals surface area contributed by atoms with Crippen molar-refractivity contribution in [1.82, 2.24) is 0 Å². The zero-order valence-electron chi connectivity index (χ0n) is 8.41. The Bertz CT molecular complexity index is 504. The lowest BCUT2D eigenvalue weighted by Gasteiger charge is -2.13. The van der Waals surface area contributed by atoms with Crippen molar-refractivity contribution in [2.75, 3.05) is 16.8 Å². The summed E-state index contributed by atoms with van der Waals surface area (Å²) in [6.45, 7) is 0. The van der Waals surface area contributed by atoms with Gasteiger partial charge >= 0.3 is 0 Å². The predicted molar refractivity (Wildman–Crippen MR) is 64.8 cm³/mol. The van der Waals surface area contributed by atoms with Crippen LogP contribution in [0.4, 0.5) is 10.1 Å². The molecular formula is C10H11BrFNO2S. The van der Waals surface area contributed by atoms with Gasteiger partial charge in [-0.2, -0.15) is 0 Å². The van der Waals surface area contributed by atoms with E-state index in [-0.39, 0.29) is 23.4 Å². The Kier molecular flexibility index (Phi) is 3.21. The van der Waals surface area contributed by atoms with E-state index >= 15 is 0 Å². The number of hydrogen-bond acceptors (Lipinski definition) is 3. The minimum Gasteiger partial charge on any atom is -0.380 e. The van der Waals surface area contributed by atoms with Gasteiger partial charge in [-0.1, -0.05) is 0 Å². The van der Waals surface area contributed by atoms with Crippen molar-refractivity contribution in [1.29, 1.82) is 0 Å². The standard InChI is InChI=1S/C10H11BrFNO2S/c11-9-5-7(12)1-2-10(9)13-8-3-4-16(14,15)6-8/h1-2,5,8,13H,3-4,6H2. The normalized spacial score (nSPS) is 23.2. The number of rotatable bonds is 2. The zero-order valence-corrected chi connectivity index (χ0v) is 10.8. The predicted octanol–water partition coefficient (Wildman–Crippen LogP) is 2.19. The average molecular weight is 308 g/mol. The highest BCUT2D eigenvalue weighted by atomic mass is 79.9. The highest BCUT2D eigenvalue weighted by Gasteiger charge is 2.27. The molecule has 88 valence electrons. The fourth-order valence-electron chi connectivity index (χ4n) is 1.74. The lowest BCUT2D eigenvalue weighted by atomic mass is 10.2. The van der Waals surface area contributed by atoms with Crippen LogP contribution in [0.2, 0.25) is 0 Å². The van der Waals surface area contributed by atoms with Crippen LogP contribution in [-0.2, 0) is 9.84 Å². The number of nitrogens with one attached hydrogen (secondary N) is 1. The second-order valence-corrected chi connectivity index (χ2v) is 6.95. The number of benzene rings is 1. The lowest BCUT2D eigenvalue weighted by Crippen LogP contribution is -2.20. The van der Waals surface area contributed by atoms with Crippen molar-refractivity contribution in [3.8, 4) is 0 Å². The van der Waals surface area contributed by atoms with E-state index in [0.717, 1.165) is 5.69 Å². The molecule has 1 aromatic rings. The molecular weight excluding hydrogens is 297 g/mol. The molecule has 0 radical (unpaired) electrons. The van der Waals surface area contributed by atoms with Crippen LogP contribution in [0, 0.1) is 5.82 Å². The average Bonchev–Trinajstić information content (AvgIpc) is 2.51. The topological polar surface area (TPSA) is 46.2 Å². The van der Waals surface area contributed by atoms with Gasteiger partial charge in [-0.05, 0) is 40.5 Å². The Morgan fingerprint density at radius 2 is 2.19 bits per heavy atom. The van der Waals surface area contributed by atoms with Crippen LogP contribution in [0.15, 0.2) is 22.7 Å². The Hall–Kier alpha value is -0.620. The summed E-state index contributed by atoms with van der Waals surface area (Å²) in [6, 6.07) is 4.22. The molecule has 0 aromatic heterocycles. The first-order chi connectivity index (χ1) is 7.46. The molecule has 1 aliphatic heterocycles. The first-order valence-electron chi connectivity index (χ1n) is 4.88. The Morgan fingerprint density at radius 3 is 2.75 bits per heavy atom. The van der Waals surface area contributed by atoms with Crippen LogP contribution in [0.1, 0.15) is 6.42 Å². The van der Waals surface area contributed by atoms with Gasteiger partial charge in [0.2, 0.25) is 0 Å². The third kappa shape index (κ3) is 2.74. The van der Waals surface area contributed by atoms with E-state index < -0.39 is 9.84 Å². The van der Waals surface area contributed by atoms with Gasteiger partial charge in [0.15, 0.2) is 9.84 Å². The fourth-order valence-corrected chi connectivity index (χ4v) is 3.87. The number of hydrogen-bond donors (Lipinski definition) is 1. The Balaban J connectivity index is 2.11. The van der Waals surface area contributed by atoms with Crippen LogP contribution >= 0.6 is 15.9 Å². The summed E-state index contributed by atoms with van der Waals surface area (Å²) >= 11 is 3.23. The van der Waals surface area contributed by atoms with E-state index in [1.165, 1.54) is 12.1 Å². The van der Waals surface area contributed by atoms with Crippen LogP contribution in [0.25, 0.3) is 0 Å².